The van der Waals surface area contributed by atoms with Crippen molar-refractivity contribution in [2.45, 2.75) is 32.7 Å². The molecule has 4 heteroatoms. The number of Topliss-reactive ketones (excluding diaryl/α,β-unsaturated/α-hetero) is 1. The Morgan fingerprint density at radius 1 is 1.32 bits per heavy atom. The summed E-state index contributed by atoms with van der Waals surface area (Å²) < 4.78 is 0. The van der Waals surface area contributed by atoms with Crippen LogP contribution < -0.4 is 10.2 Å². The van der Waals surface area contributed by atoms with Gasteiger partial charge in [-0.3, -0.25) is 9.59 Å². The van der Waals surface area contributed by atoms with Crippen LogP contribution in [0.4, 0.5) is 5.69 Å². The number of hydrogen-bond acceptors (Lipinski definition) is 3. The summed E-state index contributed by atoms with van der Waals surface area (Å²) in [6.45, 7) is 5.22. The number of hydrogen-bond donors (Lipinski definition) is 1. The fourth-order valence-corrected chi connectivity index (χ4v) is 2.30. The van der Waals surface area contributed by atoms with Gasteiger partial charge in [-0.15, -0.1) is 0 Å². The van der Waals surface area contributed by atoms with Crippen molar-refractivity contribution < 1.29 is 9.59 Å². The molecule has 0 radical (unpaired) electrons. The molecule has 1 atom stereocenters. The molecule has 0 aliphatic carbocycles. The number of rotatable bonds is 2. The molecule has 2 rings (SSSR count). The maximum absolute atomic E-state index is 12.2. The van der Waals surface area contributed by atoms with Gasteiger partial charge in [0.2, 0.25) is 5.91 Å². The Hall–Kier alpha value is -1.68. The summed E-state index contributed by atoms with van der Waals surface area (Å²) in [7, 11) is 0. The van der Waals surface area contributed by atoms with Crippen molar-refractivity contribution >= 4 is 17.4 Å². The highest BCUT2D eigenvalue weighted by atomic mass is 16.2. The minimum Gasteiger partial charge on any atom is -0.314 e. The van der Waals surface area contributed by atoms with Crippen LogP contribution in [0.15, 0.2) is 24.3 Å². The van der Waals surface area contributed by atoms with Crippen molar-refractivity contribution in [1.29, 1.82) is 0 Å². The Morgan fingerprint density at radius 3 is 2.63 bits per heavy atom. The molecule has 1 amide bonds. The molecule has 0 bridgehead atoms. The van der Waals surface area contributed by atoms with Crippen molar-refractivity contribution in [2.24, 2.45) is 0 Å². The first-order chi connectivity index (χ1) is 9.08. The zero-order valence-corrected chi connectivity index (χ0v) is 11.5. The second-order valence-corrected chi connectivity index (χ2v) is 5.06. The largest absolute Gasteiger partial charge is 0.314 e. The van der Waals surface area contributed by atoms with Gasteiger partial charge in [-0.25, -0.2) is 0 Å². The van der Waals surface area contributed by atoms with Crippen LogP contribution in [0.2, 0.25) is 0 Å². The van der Waals surface area contributed by atoms with Gasteiger partial charge >= 0.3 is 0 Å². The molecule has 0 spiro atoms. The quantitative estimate of drug-likeness (QED) is 0.827. The second-order valence-electron chi connectivity index (χ2n) is 5.06. The van der Waals surface area contributed by atoms with Crippen molar-refractivity contribution in [3.63, 3.8) is 0 Å². The van der Waals surface area contributed by atoms with E-state index in [0.717, 1.165) is 25.2 Å². The average Bonchev–Trinajstić information content (AvgIpc) is 2.36. The van der Waals surface area contributed by atoms with Crippen molar-refractivity contribution in [2.75, 3.05) is 18.0 Å². The lowest BCUT2D eigenvalue weighted by Crippen LogP contribution is -2.42. The molecule has 1 N–H and O–H groups in total. The van der Waals surface area contributed by atoms with Crippen LogP contribution in [0.3, 0.4) is 0 Å². The third-order valence-corrected chi connectivity index (χ3v) is 3.42. The third-order valence-electron chi connectivity index (χ3n) is 3.42. The van der Waals surface area contributed by atoms with Crippen LogP contribution in [0.5, 0.6) is 0 Å². The molecular formula is C15H20N2O2. The van der Waals surface area contributed by atoms with Gasteiger partial charge in [0.25, 0.3) is 0 Å². The molecule has 0 aromatic heterocycles. The van der Waals surface area contributed by atoms with Gasteiger partial charge in [-0.05, 0) is 51.1 Å². The van der Waals surface area contributed by atoms with E-state index in [-0.39, 0.29) is 17.7 Å². The van der Waals surface area contributed by atoms with Gasteiger partial charge in [0.1, 0.15) is 0 Å². The predicted octanol–water partition coefficient (Wildman–Crippen LogP) is 1.99. The van der Waals surface area contributed by atoms with Crippen LogP contribution in [0, 0.1) is 0 Å². The van der Waals surface area contributed by atoms with E-state index in [1.807, 2.05) is 24.0 Å². The number of ketones is 1. The second kappa shape index (κ2) is 5.97. The lowest BCUT2D eigenvalue weighted by molar-refractivity contribution is -0.119. The van der Waals surface area contributed by atoms with Gasteiger partial charge in [-0.1, -0.05) is 0 Å². The maximum Gasteiger partial charge on any atom is 0.228 e. The monoisotopic (exact) mass is 260 g/mol. The van der Waals surface area contributed by atoms with Gasteiger partial charge in [-0.2, -0.15) is 0 Å². The molecule has 1 unspecified atom stereocenters. The molecule has 1 saturated heterocycles. The first-order valence-electron chi connectivity index (χ1n) is 6.72. The standard InChI is InChI=1S/C15H20N2O2/c1-11-10-15(19)17(9-3-8-16-11)14-6-4-13(5-7-14)12(2)18/h4-7,11,16H,3,8-10H2,1-2H3. The van der Waals surface area contributed by atoms with Crippen molar-refractivity contribution in [3.05, 3.63) is 29.8 Å². The Bertz CT molecular complexity index is 468. The highest BCUT2D eigenvalue weighted by Crippen LogP contribution is 2.18. The Kier molecular flexibility index (Phi) is 4.32. The topological polar surface area (TPSA) is 49.4 Å². The van der Waals surface area contributed by atoms with Gasteiger partial charge in [0.05, 0.1) is 0 Å². The summed E-state index contributed by atoms with van der Waals surface area (Å²) in [5.74, 6) is 0.179. The maximum atomic E-state index is 12.2. The summed E-state index contributed by atoms with van der Waals surface area (Å²) >= 11 is 0. The third kappa shape index (κ3) is 3.41. The number of amides is 1. The van der Waals surface area contributed by atoms with Crippen LogP contribution in [-0.2, 0) is 4.79 Å². The van der Waals surface area contributed by atoms with Gasteiger partial charge in [0, 0.05) is 30.3 Å². The van der Waals surface area contributed by atoms with Crippen molar-refractivity contribution in [1.82, 2.24) is 5.32 Å². The summed E-state index contributed by atoms with van der Waals surface area (Å²) in [5, 5.41) is 3.32. The predicted molar refractivity (Wildman–Crippen MR) is 75.5 cm³/mol. The molecule has 19 heavy (non-hydrogen) atoms. The average molecular weight is 260 g/mol. The Balaban J connectivity index is 2.18. The Labute approximate surface area is 113 Å². The number of nitrogens with one attached hydrogen (secondary N) is 1. The molecular weight excluding hydrogens is 240 g/mol. The fourth-order valence-electron chi connectivity index (χ4n) is 2.30. The van der Waals surface area contributed by atoms with Gasteiger partial charge < -0.3 is 10.2 Å². The molecule has 4 nitrogen and oxygen atoms in total. The van der Waals surface area contributed by atoms with E-state index in [0.29, 0.717) is 12.0 Å². The smallest absolute Gasteiger partial charge is 0.228 e. The first kappa shape index (κ1) is 13.7. The highest BCUT2D eigenvalue weighted by Gasteiger charge is 2.20. The van der Waals surface area contributed by atoms with Crippen LogP contribution >= 0.6 is 0 Å². The number of nitrogens with zero attached hydrogens (tertiary/aromatic N) is 1. The SMILES string of the molecule is CC(=O)c1ccc(N2CCCNC(C)CC2=O)cc1. The zero-order valence-electron chi connectivity index (χ0n) is 11.5. The minimum absolute atomic E-state index is 0.0448. The molecule has 1 fully saturated rings. The molecule has 1 aromatic rings. The zero-order chi connectivity index (χ0) is 13.8. The molecule has 1 heterocycles. The Morgan fingerprint density at radius 2 is 2.00 bits per heavy atom. The molecule has 1 aromatic carbocycles. The highest BCUT2D eigenvalue weighted by molar-refractivity contribution is 5.96. The van der Waals surface area contributed by atoms with E-state index < -0.39 is 0 Å². The van der Waals surface area contributed by atoms with Crippen LogP contribution in [0.25, 0.3) is 0 Å². The van der Waals surface area contributed by atoms with E-state index in [1.54, 1.807) is 19.1 Å². The van der Waals surface area contributed by atoms with Crippen LogP contribution in [0.1, 0.15) is 37.0 Å². The van der Waals surface area contributed by atoms with E-state index in [9.17, 15) is 9.59 Å². The molecule has 102 valence electrons. The number of carbonyl (C=O) groups is 2. The lowest BCUT2D eigenvalue weighted by Gasteiger charge is -2.28. The minimum atomic E-state index is 0.0448. The summed E-state index contributed by atoms with van der Waals surface area (Å²) in [6.07, 6.45) is 1.44. The summed E-state index contributed by atoms with van der Waals surface area (Å²) in [4.78, 5) is 25.3. The summed E-state index contributed by atoms with van der Waals surface area (Å²) in [5.41, 5.74) is 1.56. The van der Waals surface area contributed by atoms with E-state index in [2.05, 4.69) is 5.32 Å². The molecule has 1 aliphatic heterocycles. The van der Waals surface area contributed by atoms with E-state index in [4.69, 9.17) is 0 Å². The van der Waals surface area contributed by atoms with E-state index >= 15 is 0 Å². The molecule has 0 saturated carbocycles. The number of benzene rings is 1. The normalized spacial score (nSPS) is 20.8. The first-order valence-corrected chi connectivity index (χ1v) is 6.72. The van der Waals surface area contributed by atoms with Crippen LogP contribution in [-0.4, -0.2) is 30.8 Å². The molecule has 1 aliphatic rings. The number of anilines is 1. The number of carbonyl (C=O) groups excluding carboxylic acids is 2. The summed E-state index contributed by atoms with van der Waals surface area (Å²) in [6, 6.07) is 7.49. The van der Waals surface area contributed by atoms with Crippen molar-refractivity contribution in [3.8, 4) is 0 Å². The van der Waals surface area contributed by atoms with E-state index in [1.165, 1.54) is 0 Å². The van der Waals surface area contributed by atoms with Gasteiger partial charge in [0.15, 0.2) is 5.78 Å². The fraction of sp³-hybridized carbons (Fsp3) is 0.467. The lowest BCUT2D eigenvalue weighted by atomic mass is 10.1.